The average molecular weight is 495 g/mol. The molecule has 1 aromatic carbocycles. The molecule has 1 heterocycles. The second-order valence-corrected chi connectivity index (χ2v) is 12.1. The summed E-state index contributed by atoms with van der Waals surface area (Å²) in [6, 6.07) is 7.45. The van der Waals surface area contributed by atoms with Gasteiger partial charge in [-0.3, -0.25) is 9.59 Å². The van der Waals surface area contributed by atoms with Gasteiger partial charge in [-0.05, 0) is 113 Å². The van der Waals surface area contributed by atoms with Crippen LogP contribution in [0, 0.1) is 23.2 Å². The van der Waals surface area contributed by atoms with Crippen LogP contribution in [0.15, 0.2) is 18.2 Å². The van der Waals surface area contributed by atoms with Crippen LogP contribution >= 0.6 is 0 Å². The van der Waals surface area contributed by atoms with Crippen molar-refractivity contribution in [2.24, 2.45) is 23.2 Å². The summed E-state index contributed by atoms with van der Waals surface area (Å²) in [6.07, 6.45) is 8.22. The number of ether oxygens (including phenoxy) is 1. The minimum Gasteiger partial charge on any atom is -0.494 e. The smallest absolute Gasteiger partial charge is 0.226 e. The Morgan fingerprint density at radius 3 is 2.72 bits per heavy atom. The molecule has 0 radical (unpaired) electrons. The molecule has 36 heavy (non-hydrogen) atoms. The van der Waals surface area contributed by atoms with Crippen LogP contribution in [0.2, 0.25) is 0 Å². The zero-order chi connectivity index (χ0) is 25.4. The molecule has 0 unspecified atom stereocenters. The van der Waals surface area contributed by atoms with Crippen LogP contribution in [0.5, 0.6) is 5.75 Å². The summed E-state index contributed by atoms with van der Waals surface area (Å²) in [5, 5.41) is 0. The van der Waals surface area contributed by atoms with E-state index < -0.39 is 0 Å². The lowest BCUT2D eigenvalue weighted by Crippen LogP contribution is -2.47. The van der Waals surface area contributed by atoms with E-state index in [2.05, 4.69) is 36.9 Å². The van der Waals surface area contributed by atoms with E-state index in [9.17, 15) is 9.59 Å². The molecular weight excluding hydrogens is 448 g/mol. The van der Waals surface area contributed by atoms with Crippen molar-refractivity contribution in [2.45, 2.75) is 91.0 Å². The Bertz CT molecular complexity index is 973. The molecule has 4 aliphatic rings. The number of benzene rings is 1. The zero-order valence-electron chi connectivity index (χ0n) is 22.9. The highest BCUT2D eigenvalue weighted by Crippen LogP contribution is 2.61. The number of hydrogen-bond donors (Lipinski definition) is 0. The molecule has 0 spiro atoms. The van der Waals surface area contributed by atoms with Gasteiger partial charge in [0.25, 0.3) is 0 Å². The second kappa shape index (κ2) is 10.5. The Hall–Kier alpha value is -1.88. The van der Waals surface area contributed by atoms with E-state index in [1.807, 2.05) is 18.7 Å². The first-order chi connectivity index (χ1) is 17.4. The van der Waals surface area contributed by atoms with Gasteiger partial charge in [0, 0.05) is 43.4 Å². The van der Waals surface area contributed by atoms with Crippen molar-refractivity contribution >= 4 is 11.7 Å². The number of fused-ring (bicyclic) bond motifs is 5. The standard InChI is InChI=1S/C31H46N2O3/c1-5-32(6-2)30(35)27-20-28(34)31(4)15-14-25-24-13-11-23(19-22(24)10-12-26(25)29(27)31)36-18-8-17-33-16-7-9-21(33)3/h11,13,19,21,25-27,29H,5-10,12,14-18,20H2,1-4H3/t21-,25-,26-,27+,29-,31-/m1/s1. The third kappa shape index (κ3) is 4.50. The minimum absolute atomic E-state index is 0.141. The summed E-state index contributed by atoms with van der Waals surface area (Å²) < 4.78 is 6.18. The first-order valence-electron chi connectivity index (χ1n) is 14.7. The largest absolute Gasteiger partial charge is 0.494 e. The van der Waals surface area contributed by atoms with Crippen molar-refractivity contribution in [1.82, 2.24) is 9.80 Å². The van der Waals surface area contributed by atoms with Gasteiger partial charge in [0.1, 0.15) is 11.5 Å². The van der Waals surface area contributed by atoms with Gasteiger partial charge in [-0.1, -0.05) is 13.0 Å². The van der Waals surface area contributed by atoms with E-state index in [0.717, 1.165) is 70.1 Å². The number of carbonyl (C=O) groups excluding carboxylic acids is 2. The predicted molar refractivity (Wildman–Crippen MR) is 143 cm³/mol. The van der Waals surface area contributed by atoms with E-state index >= 15 is 0 Å². The number of likely N-dealkylation sites (tertiary alicyclic amines) is 1. The second-order valence-electron chi connectivity index (χ2n) is 12.1. The maximum absolute atomic E-state index is 13.5. The van der Waals surface area contributed by atoms with Gasteiger partial charge in [-0.25, -0.2) is 0 Å². The molecule has 5 heteroatoms. The van der Waals surface area contributed by atoms with Gasteiger partial charge in [0.05, 0.1) is 6.61 Å². The normalized spacial score (nSPS) is 33.7. The van der Waals surface area contributed by atoms with Gasteiger partial charge in [-0.15, -0.1) is 0 Å². The number of Topliss-reactive ketones (excluding diaryl/α,β-unsaturated/α-hetero) is 1. The first kappa shape index (κ1) is 25.8. The van der Waals surface area contributed by atoms with E-state index in [4.69, 9.17) is 4.74 Å². The Labute approximate surface area is 217 Å². The predicted octanol–water partition coefficient (Wildman–Crippen LogP) is 5.46. The summed E-state index contributed by atoms with van der Waals surface area (Å²) in [5.41, 5.74) is 2.53. The van der Waals surface area contributed by atoms with Crippen molar-refractivity contribution in [2.75, 3.05) is 32.8 Å². The van der Waals surface area contributed by atoms with Gasteiger partial charge >= 0.3 is 0 Å². The molecule has 1 aliphatic heterocycles. The molecule has 2 saturated carbocycles. The maximum atomic E-state index is 13.5. The van der Waals surface area contributed by atoms with E-state index in [1.165, 1.54) is 30.5 Å². The molecule has 1 saturated heterocycles. The van der Waals surface area contributed by atoms with Crippen molar-refractivity contribution < 1.29 is 14.3 Å². The van der Waals surface area contributed by atoms with Gasteiger partial charge in [-0.2, -0.15) is 0 Å². The Kier molecular flexibility index (Phi) is 7.49. The topological polar surface area (TPSA) is 49.9 Å². The van der Waals surface area contributed by atoms with Crippen LogP contribution in [0.3, 0.4) is 0 Å². The Balaban J connectivity index is 1.28. The summed E-state index contributed by atoms with van der Waals surface area (Å²) in [4.78, 5) is 31.3. The zero-order valence-corrected chi connectivity index (χ0v) is 22.9. The van der Waals surface area contributed by atoms with Crippen LogP contribution in [0.1, 0.15) is 89.7 Å². The lowest BCUT2D eigenvalue weighted by Gasteiger charge is -2.49. The number of rotatable bonds is 8. The number of amides is 1. The van der Waals surface area contributed by atoms with Crippen LogP contribution in [0.4, 0.5) is 0 Å². The lowest BCUT2D eigenvalue weighted by atomic mass is 9.54. The lowest BCUT2D eigenvalue weighted by molar-refractivity contribution is -0.139. The maximum Gasteiger partial charge on any atom is 0.226 e. The molecule has 1 aromatic rings. The highest BCUT2D eigenvalue weighted by Gasteiger charge is 2.60. The van der Waals surface area contributed by atoms with E-state index in [0.29, 0.717) is 24.0 Å². The number of aryl methyl sites for hydroxylation is 1. The molecule has 5 rings (SSSR count). The Morgan fingerprint density at radius 1 is 1.19 bits per heavy atom. The molecule has 6 atom stereocenters. The molecule has 0 N–H and O–H groups in total. The van der Waals surface area contributed by atoms with Crippen LogP contribution in [-0.2, 0) is 16.0 Å². The molecule has 3 aliphatic carbocycles. The average Bonchev–Trinajstić information content (AvgIpc) is 3.41. The van der Waals surface area contributed by atoms with Gasteiger partial charge in [0.2, 0.25) is 5.91 Å². The summed E-state index contributed by atoms with van der Waals surface area (Å²) in [5.74, 6) is 2.44. The van der Waals surface area contributed by atoms with Crippen molar-refractivity contribution in [3.8, 4) is 5.75 Å². The summed E-state index contributed by atoms with van der Waals surface area (Å²) in [6.45, 7) is 13.2. The number of hydrogen-bond acceptors (Lipinski definition) is 4. The minimum atomic E-state index is -0.331. The quantitative estimate of drug-likeness (QED) is 0.450. The number of carbonyl (C=O) groups is 2. The summed E-state index contributed by atoms with van der Waals surface area (Å²) >= 11 is 0. The van der Waals surface area contributed by atoms with Crippen LogP contribution < -0.4 is 4.74 Å². The summed E-state index contributed by atoms with van der Waals surface area (Å²) in [7, 11) is 0. The monoisotopic (exact) mass is 494 g/mol. The first-order valence-corrected chi connectivity index (χ1v) is 14.7. The number of nitrogens with zero attached hydrogens (tertiary/aromatic N) is 2. The molecular formula is C31H46N2O3. The van der Waals surface area contributed by atoms with Crippen molar-refractivity contribution in [3.05, 3.63) is 29.3 Å². The third-order valence-corrected chi connectivity index (χ3v) is 10.4. The van der Waals surface area contributed by atoms with Crippen molar-refractivity contribution in [1.29, 1.82) is 0 Å². The molecule has 198 valence electrons. The SMILES string of the molecule is CCN(CC)C(=O)[C@H]1CC(=O)[C@@]2(C)CC[C@@H]3c4ccc(OCCCN5CCC[C@H]5C)cc4CC[C@H]3[C@H]12. The van der Waals surface area contributed by atoms with Crippen molar-refractivity contribution in [3.63, 3.8) is 0 Å². The van der Waals surface area contributed by atoms with Gasteiger partial charge in [0.15, 0.2) is 0 Å². The molecule has 5 nitrogen and oxygen atoms in total. The fraction of sp³-hybridized carbons (Fsp3) is 0.742. The highest BCUT2D eigenvalue weighted by molar-refractivity contribution is 5.94. The molecule has 1 amide bonds. The highest BCUT2D eigenvalue weighted by atomic mass is 16.5. The van der Waals surface area contributed by atoms with E-state index in [1.54, 1.807) is 0 Å². The molecule has 0 aromatic heterocycles. The number of ketones is 1. The molecule has 0 bridgehead atoms. The van der Waals surface area contributed by atoms with Crippen LogP contribution in [-0.4, -0.2) is 60.3 Å². The fourth-order valence-corrected chi connectivity index (χ4v) is 8.32. The molecule has 3 fully saturated rings. The van der Waals surface area contributed by atoms with Crippen LogP contribution in [0.25, 0.3) is 0 Å². The van der Waals surface area contributed by atoms with Gasteiger partial charge < -0.3 is 14.5 Å². The fourth-order valence-electron chi connectivity index (χ4n) is 8.32. The third-order valence-electron chi connectivity index (χ3n) is 10.4. The van der Waals surface area contributed by atoms with E-state index in [-0.39, 0.29) is 23.2 Å². The Morgan fingerprint density at radius 2 is 2.00 bits per heavy atom.